The second kappa shape index (κ2) is 10.2. The predicted octanol–water partition coefficient (Wildman–Crippen LogP) is 8.09. The highest BCUT2D eigenvalue weighted by molar-refractivity contribution is 6.33. The van der Waals surface area contributed by atoms with Crippen LogP contribution in [0.3, 0.4) is 0 Å². The molecule has 0 aromatic heterocycles. The molecular weight excluding hydrogens is 423 g/mol. The molecular formula is C27H20Cl2N2. The summed E-state index contributed by atoms with van der Waals surface area (Å²) in [7, 11) is 0. The van der Waals surface area contributed by atoms with Crippen LogP contribution in [0.2, 0.25) is 10.0 Å². The standard InChI is InChI=1S/C27H20Cl2N2/c28-24-16-22(11-13-26(24)30-18-20-7-3-1-4-8-20)15-23-12-14-27(25(29)17-23)31-19-21-9-5-2-6-10-21/h1-14,16-19H,15H2. The normalized spacial score (nSPS) is 11.4. The highest BCUT2D eigenvalue weighted by atomic mass is 35.5. The van der Waals surface area contributed by atoms with E-state index in [9.17, 15) is 0 Å². The van der Waals surface area contributed by atoms with Gasteiger partial charge in [-0.25, -0.2) is 0 Å². The highest BCUT2D eigenvalue weighted by Gasteiger charge is 2.05. The maximum Gasteiger partial charge on any atom is 0.0816 e. The average Bonchev–Trinajstić information content (AvgIpc) is 2.79. The van der Waals surface area contributed by atoms with E-state index in [1.165, 1.54) is 0 Å². The highest BCUT2D eigenvalue weighted by Crippen LogP contribution is 2.29. The number of rotatable bonds is 6. The van der Waals surface area contributed by atoms with Crippen molar-refractivity contribution < 1.29 is 0 Å². The van der Waals surface area contributed by atoms with Crippen LogP contribution in [0.5, 0.6) is 0 Å². The van der Waals surface area contributed by atoms with Gasteiger partial charge in [-0.2, -0.15) is 0 Å². The third kappa shape index (κ3) is 5.91. The summed E-state index contributed by atoms with van der Waals surface area (Å²) in [4.78, 5) is 9.00. The Morgan fingerprint density at radius 1 is 0.548 bits per heavy atom. The Balaban J connectivity index is 1.45. The average molecular weight is 443 g/mol. The molecule has 0 spiro atoms. The minimum Gasteiger partial charge on any atom is -0.255 e. The van der Waals surface area contributed by atoms with E-state index in [-0.39, 0.29) is 0 Å². The Morgan fingerprint density at radius 2 is 0.968 bits per heavy atom. The van der Waals surface area contributed by atoms with Gasteiger partial charge in [0, 0.05) is 12.4 Å². The molecule has 0 aliphatic heterocycles. The summed E-state index contributed by atoms with van der Waals surface area (Å²) in [6, 6.07) is 31.8. The van der Waals surface area contributed by atoms with Crippen molar-refractivity contribution in [1.82, 2.24) is 0 Å². The van der Waals surface area contributed by atoms with Crippen molar-refractivity contribution in [1.29, 1.82) is 0 Å². The van der Waals surface area contributed by atoms with Crippen molar-refractivity contribution in [3.8, 4) is 0 Å². The Hall–Kier alpha value is -3.20. The van der Waals surface area contributed by atoms with Crippen molar-refractivity contribution in [2.24, 2.45) is 9.98 Å². The quantitative estimate of drug-likeness (QED) is 0.269. The molecule has 0 fully saturated rings. The molecule has 0 aliphatic carbocycles. The summed E-state index contributed by atoms with van der Waals surface area (Å²) in [5.74, 6) is 0. The smallest absolute Gasteiger partial charge is 0.0816 e. The SMILES string of the molecule is Clc1cc(Cc2ccc(N=Cc3ccccc3)c(Cl)c2)ccc1N=Cc1ccccc1. The minimum absolute atomic E-state index is 0.625. The first-order valence-electron chi connectivity index (χ1n) is 9.92. The summed E-state index contributed by atoms with van der Waals surface area (Å²) >= 11 is 12.9. The number of hydrogen-bond acceptors (Lipinski definition) is 2. The topological polar surface area (TPSA) is 24.7 Å². The molecule has 2 nitrogen and oxygen atoms in total. The molecule has 0 saturated heterocycles. The van der Waals surface area contributed by atoms with Gasteiger partial charge in [0.1, 0.15) is 0 Å². The van der Waals surface area contributed by atoms with Crippen molar-refractivity contribution in [3.05, 3.63) is 129 Å². The zero-order valence-electron chi connectivity index (χ0n) is 16.7. The Kier molecular flexibility index (Phi) is 6.93. The molecule has 0 amide bonds. The van der Waals surface area contributed by atoms with Gasteiger partial charge in [0.25, 0.3) is 0 Å². The number of nitrogens with zero attached hydrogens (tertiary/aromatic N) is 2. The molecule has 4 aromatic rings. The number of hydrogen-bond donors (Lipinski definition) is 0. The summed E-state index contributed by atoms with van der Waals surface area (Å²) < 4.78 is 0. The maximum absolute atomic E-state index is 6.46. The molecule has 0 bridgehead atoms. The van der Waals surface area contributed by atoms with Crippen LogP contribution in [0.15, 0.2) is 107 Å². The lowest BCUT2D eigenvalue weighted by Crippen LogP contribution is -1.89. The van der Waals surface area contributed by atoms with Crippen LogP contribution in [0, 0.1) is 0 Å². The van der Waals surface area contributed by atoms with Gasteiger partial charge in [0.2, 0.25) is 0 Å². The van der Waals surface area contributed by atoms with Crippen molar-refractivity contribution in [3.63, 3.8) is 0 Å². The second-order valence-corrected chi connectivity index (χ2v) is 7.90. The van der Waals surface area contributed by atoms with Gasteiger partial charge >= 0.3 is 0 Å². The molecule has 0 aliphatic rings. The first-order chi connectivity index (χ1) is 15.2. The number of halogens is 2. The van der Waals surface area contributed by atoms with Gasteiger partial charge in [0.15, 0.2) is 0 Å². The summed E-state index contributed by atoms with van der Waals surface area (Å²) in [5, 5.41) is 1.25. The molecule has 31 heavy (non-hydrogen) atoms. The van der Waals surface area contributed by atoms with E-state index in [4.69, 9.17) is 23.2 Å². The van der Waals surface area contributed by atoms with Gasteiger partial charge in [-0.05, 0) is 52.9 Å². The molecule has 0 saturated carbocycles. The third-order valence-electron chi connectivity index (χ3n) is 4.74. The van der Waals surface area contributed by atoms with E-state index in [2.05, 4.69) is 9.98 Å². The zero-order valence-corrected chi connectivity index (χ0v) is 18.3. The fraction of sp³-hybridized carbons (Fsp3) is 0.0370. The fourth-order valence-corrected chi connectivity index (χ4v) is 3.64. The second-order valence-electron chi connectivity index (χ2n) is 7.09. The fourth-order valence-electron chi connectivity index (χ4n) is 3.13. The zero-order chi connectivity index (χ0) is 21.5. The van der Waals surface area contributed by atoms with Crippen molar-refractivity contribution in [2.75, 3.05) is 0 Å². The molecule has 0 N–H and O–H groups in total. The lowest BCUT2D eigenvalue weighted by atomic mass is 10.0. The monoisotopic (exact) mass is 442 g/mol. The summed E-state index contributed by atoms with van der Waals surface area (Å²) in [6.07, 6.45) is 4.36. The van der Waals surface area contributed by atoms with Crippen molar-refractivity contribution >= 4 is 47.0 Å². The Labute approximate surface area is 192 Å². The van der Waals surface area contributed by atoms with Crippen LogP contribution in [-0.2, 0) is 6.42 Å². The summed E-state index contributed by atoms with van der Waals surface area (Å²) in [5.41, 5.74) is 5.76. The molecule has 4 heteroatoms. The van der Waals surface area contributed by atoms with E-state index >= 15 is 0 Å². The Bertz CT molecular complexity index is 1120. The van der Waals surface area contributed by atoms with Gasteiger partial charge in [-0.1, -0.05) is 96.0 Å². The van der Waals surface area contributed by atoms with Gasteiger partial charge in [-0.3, -0.25) is 9.98 Å². The van der Waals surface area contributed by atoms with Crippen molar-refractivity contribution in [2.45, 2.75) is 6.42 Å². The molecule has 152 valence electrons. The number of benzene rings is 4. The molecule has 0 radical (unpaired) electrons. The predicted molar refractivity (Wildman–Crippen MR) is 133 cm³/mol. The van der Waals surface area contributed by atoms with Crippen LogP contribution < -0.4 is 0 Å². The third-order valence-corrected chi connectivity index (χ3v) is 5.34. The molecule has 0 atom stereocenters. The maximum atomic E-state index is 6.46. The molecule has 0 unspecified atom stereocenters. The van der Waals surface area contributed by atoms with E-state index < -0.39 is 0 Å². The largest absolute Gasteiger partial charge is 0.255 e. The van der Waals surface area contributed by atoms with E-state index in [0.29, 0.717) is 10.0 Å². The van der Waals surface area contributed by atoms with Crippen LogP contribution in [0.25, 0.3) is 0 Å². The minimum atomic E-state index is 0.625. The van der Waals surface area contributed by atoms with E-state index in [1.54, 1.807) is 0 Å². The van der Waals surface area contributed by atoms with Gasteiger partial charge in [0.05, 0.1) is 21.4 Å². The summed E-state index contributed by atoms with van der Waals surface area (Å²) in [6.45, 7) is 0. The van der Waals surface area contributed by atoms with Crippen LogP contribution in [-0.4, -0.2) is 12.4 Å². The lowest BCUT2D eigenvalue weighted by molar-refractivity contribution is 1.19. The molecule has 0 heterocycles. The molecule has 4 aromatic carbocycles. The van der Waals surface area contributed by atoms with E-state index in [1.807, 2.05) is 109 Å². The van der Waals surface area contributed by atoms with E-state index in [0.717, 1.165) is 40.0 Å². The molecule has 4 rings (SSSR count). The lowest BCUT2D eigenvalue weighted by Gasteiger charge is -2.07. The number of aliphatic imine (C=N–C) groups is 2. The Morgan fingerprint density at radius 3 is 1.35 bits per heavy atom. The van der Waals surface area contributed by atoms with Gasteiger partial charge < -0.3 is 0 Å². The first kappa shape index (κ1) is 21.0. The van der Waals surface area contributed by atoms with Crippen LogP contribution in [0.1, 0.15) is 22.3 Å². The van der Waals surface area contributed by atoms with Crippen LogP contribution in [0.4, 0.5) is 11.4 Å². The first-order valence-corrected chi connectivity index (χ1v) is 10.7. The van der Waals surface area contributed by atoms with Crippen LogP contribution >= 0.6 is 23.2 Å². The van der Waals surface area contributed by atoms with Gasteiger partial charge in [-0.15, -0.1) is 0 Å².